The average Bonchev–Trinajstić information content (AvgIpc) is 3.18. The van der Waals surface area contributed by atoms with Crippen LogP contribution < -0.4 is 10.3 Å². The van der Waals surface area contributed by atoms with Crippen molar-refractivity contribution in [3.8, 4) is 0 Å². The molecule has 2 aliphatic rings. The van der Waals surface area contributed by atoms with Crippen molar-refractivity contribution < 1.29 is 17.5 Å². The molecule has 1 fully saturated rings. The lowest BCUT2D eigenvalue weighted by Gasteiger charge is -2.42. The van der Waals surface area contributed by atoms with Crippen LogP contribution in [0.1, 0.15) is 39.0 Å². The Morgan fingerprint density at radius 2 is 2.00 bits per heavy atom. The fraction of sp³-hybridized carbons (Fsp3) is 0.381. The second kappa shape index (κ2) is 7.89. The molecule has 1 spiro atoms. The molecule has 3 heterocycles. The number of halogens is 2. The second-order valence-electron chi connectivity index (χ2n) is 8.03. The molecule has 0 bridgehead atoms. The zero-order chi connectivity index (χ0) is 22.5. The van der Waals surface area contributed by atoms with E-state index in [2.05, 4.69) is 20.4 Å². The SMILES string of the molecule is CCN1N=C(F)C2(CCCCC2)n2c1cc1cnc(Nc3ccc(S(=O)O)cc3F)nc12. The molecule has 1 aliphatic heterocycles. The minimum Gasteiger partial charge on any atom is -0.322 e. The molecule has 1 unspecified atom stereocenters. The van der Waals surface area contributed by atoms with Crippen molar-refractivity contribution in [1.82, 2.24) is 14.5 Å². The number of hydrogen-bond donors (Lipinski definition) is 2. The van der Waals surface area contributed by atoms with E-state index in [9.17, 15) is 8.60 Å². The summed E-state index contributed by atoms with van der Waals surface area (Å²) >= 11 is -2.28. The molecule has 1 aliphatic carbocycles. The number of aromatic nitrogens is 3. The molecule has 168 valence electrons. The van der Waals surface area contributed by atoms with E-state index in [1.54, 1.807) is 11.2 Å². The quantitative estimate of drug-likeness (QED) is 0.549. The molecule has 0 amide bonds. The van der Waals surface area contributed by atoms with Crippen LogP contribution in [0.25, 0.3) is 11.0 Å². The van der Waals surface area contributed by atoms with Gasteiger partial charge in [0.25, 0.3) is 0 Å². The molecule has 0 radical (unpaired) electrons. The Balaban J connectivity index is 1.60. The van der Waals surface area contributed by atoms with Crippen LogP contribution >= 0.6 is 0 Å². The summed E-state index contributed by atoms with van der Waals surface area (Å²) in [5, 5.41) is 9.43. The lowest BCUT2D eigenvalue weighted by molar-refractivity contribution is 0.262. The Bertz CT molecular complexity index is 1250. The number of hydrazone groups is 1. The van der Waals surface area contributed by atoms with E-state index in [4.69, 9.17) is 4.55 Å². The zero-order valence-electron chi connectivity index (χ0n) is 17.4. The van der Waals surface area contributed by atoms with Crippen LogP contribution in [-0.2, 0) is 16.6 Å². The minimum atomic E-state index is -2.28. The van der Waals surface area contributed by atoms with Gasteiger partial charge in [0, 0.05) is 18.1 Å². The van der Waals surface area contributed by atoms with Crippen molar-refractivity contribution in [1.29, 1.82) is 0 Å². The molecule has 3 aromatic rings. The number of nitrogens with one attached hydrogen (secondary N) is 1. The first-order valence-corrected chi connectivity index (χ1v) is 11.6. The highest BCUT2D eigenvalue weighted by Gasteiger charge is 2.46. The topological polar surface area (TPSA) is 95.6 Å². The Morgan fingerprint density at radius 1 is 1.22 bits per heavy atom. The van der Waals surface area contributed by atoms with Gasteiger partial charge in [-0.3, -0.25) is 4.57 Å². The van der Waals surface area contributed by atoms with Crippen molar-refractivity contribution in [2.75, 3.05) is 16.9 Å². The molecule has 1 aromatic carbocycles. The second-order valence-corrected chi connectivity index (χ2v) is 8.99. The van der Waals surface area contributed by atoms with Crippen molar-refractivity contribution in [2.24, 2.45) is 5.10 Å². The van der Waals surface area contributed by atoms with E-state index < -0.39 is 28.4 Å². The summed E-state index contributed by atoms with van der Waals surface area (Å²) in [6.07, 6.45) is 5.74. The molecule has 8 nitrogen and oxygen atoms in total. The smallest absolute Gasteiger partial charge is 0.233 e. The summed E-state index contributed by atoms with van der Waals surface area (Å²) in [7, 11) is 0. The summed E-state index contributed by atoms with van der Waals surface area (Å²) in [6.45, 7) is 2.41. The van der Waals surface area contributed by atoms with E-state index in [0.29, 0.717) is 25.0 Å². The standard InChI is InChI=1S/C21H22F2N6O2S/c1-2-28-17-10-13-12-24-20(25-16-7-6-14(32(30)31)11-15(16)22)26-18(13)29(17)21(19(23)27-28)8-4-3-5-9-21/h6-7,10-12H,2-5,8-9H2,1H3,(H,30,31)(H,24,25,26). The highest BCUT2D eigenvalue weighted by molar-refractivity contribution is 7.79. The van der Waals surface area contributed by atoms with Crippen LogP contribution in [0.5, 0.6) is 0 Å². The maximum absolute atomic E-state index is 15.4. The summed E-state index contributed by atoms with van der Waals surface area (Å²) in [4.78, 5) is 8.86. The van der Waals surface area contributed by atoms with Gasteiger partial charge in [-0.25, -0.2) is 18.6 Å². The molecule has 5 rings (SSSR count). The zero-order valence-corrected chi connectivity index (χ0v) is 18.2. The van der Waals surface area contributed by atoms with Crippen molar-refractivity contribution in [3.05, 3.63) is 36.3 Å². The van der Waals surface area contributed by atoms with Crippen LogP contribution in [0.4, 0.5) is 26.2 Å². The minimum absolute atomic E-state index is 0.0428. The molecule has 0 saturated heterocycles. The molecule has 1 atom stereocenters. The predicted molar refractivity (Wildman–Crippen MR) is 119 cm³/mol. The maximum Gasteiger partial charge on any atom is 0.233 e. The lowest BCUT2D eigenvalue weighted by atomic mass is 9.81. The highest BCUT2D eigenvalue weighted by Crippen LogP contribution is 2.45. The number of hydrogen-bond acceptors (Lipinski definition) is 6. The monoisotopic (exact) mass is 460 g/mol. The first-order valence-electron chi connectivity index (χ1n) is 10.5. The van der Waals surface area contributed by atoms with E-state index in [-0.39, 0.29) is 16.5 Å². The third-order valence-electron chi connectivity index (χ3n) is 6.18. The summed E-state index contributed by atoms with van der Waals surface area (Å²) in [5.41, 5.74) is -0.249. The van der Waals surface area contributed by atoms with Gasteiger partial charge in [0.05, 0.1) is 10.6 Å². The molecular formula is C21H22F2N6O2S. The van der Waals surface area contributed by atoms with Crippen LogP contribution in [-0.4, -0.2) is 35.8 Å². The maximum atomic E-state index is 15.4. The van der Waals surface area contributed by atoms with Gasteiger partial charge in [0.1, 0.15) is 22.8 Å². The van der Waals surface area contributed by atoms with Gasteiger partial charge in [-0.15, -0.1) is 5.10 Å². The van der Waals surface area contributed by atoms with Gasteiger partial charge in [0.2, 0.25) is 11.9 Å². The van der Waals surface area contributed by atoms with Gasteiger partial charge < -0.3 is 9.87 Å². The molecule has 1 saturated carbocycles. The van der Waals surface area contributed by atoms with Crippen LogP contribution in [0.2, 0.25) is 0 Å². The summed E-state index contributed by atoms with van der Waals surface area (Å²) in [5.74, 6) is -0.203. The van der Waals surface area contributed by atoms with Crippen LogP contribution in [0.15, 0.2) is 40.5 Å². The fourth-order valence-electron chi connectivity index (χ4n) is 4.62. The number of rotatable bonds is 4. The van der Waals surface area contributed by atoms with Gasteiger partial charge in [-0.2, -0.15) is 9.37 Å². The van der Waals surface area contributed by atoms with Crippen LogP contribution in [0.3, 0.4) is 0 Å². The summed E-state index contributed by atoms with van der Waals surface area (Å²) in [6, 6.07) is 5.59. The predicted octanol–water partition coefficient (Wildman–Crippen LogP) is 4.68. The van der Waals surface area contributed by atoms with Gasteiger partial charge in [0.15, 0.2) is 11.1 Å². The lowest BCUT2D eigenvalue weighted by Crippen LogP contribution is -2.47. The number of anilines is 3. The Kier molecular flexibility index (Phi) is 5.17. The van der Waals surface area contributed by atoms with Gasteiger partial charge in [-0.1, -0.05) is 19.3 Å². The molecule has 11 heteroatoms. The fourth-order valence-corrected chi connectivity index (χ4v) is 5.00. The average molecular weight is 461 g/mol. The number of benzene rings is 1. The molecule has 2 aromatic heterocycles. The van der Waals surface area contributed by atoms with E-state index in [0.717, 1.165) is 36.5 Å². The third kappa shape index (κ3) is 3.27. The summed E-state index contributed by atoms with van der Waals surface area (Å²) < 4.78 is 52.0. The molecular weight excluding hydrogens is 438 g/mol. The first kappa shape index (κ1) is 21.0. The molecule has 2 N–H and O–H groups in total. The number of nitrogens with zero attached hydrogens (tertiary/aromatic N) is 5. The number of fused-ring (bicyclic) bond motifs is 4. The normalized spacial score (nSPS) is 18.5. The molecule has 32 heavy (non-hydrogen) atoms. The Hall–Kier alpha value is -2.92. The van der Waals surface area contributed by atoms with E-state index in [1.807, 2.05) is 17.6 Å². The Morgan fingerprint density at radius 3 is 2.69 bits per heavy atom. The van der Waals surface area contributed by atoms with Crippen LogP contribution in [0, 0.1) is 5.82 Å². The van der Waals surface area contributed by atoms with Gasteiger partial charge >= 0.3 is 0 Å². The van der Waals surface area contributed by atoms with Crippen molar-refractivity contribution in [3.63, 3.8) is 0 Å². The third-order valence-corrected chi connectivity index (χ3v) is 6.83. The van der Waals surface area contributed by atoms with Crippen molar-refractivity contribution in [2.45, 2.75) is 49.5 Å². The Labute approximate surface area is 185 Å². The van der Waals surface area contributed by atoms with E-state index >= 15 is 4.39 Å². The van der Waals surface area contributed by atoms with Gasteiger partial charge in [-0.05, 0) is 44.0 Å². The first-order chi connectivity index (χ1) is 15.4. The highest BCUT2D eigenvalue weighted by atomic mass is 32.2. The van der Waals surface area contributed by atoms with Crippen molar-refractivity contribution >= 4 is 45.5 Å². The largest absolute Gasteiger partial charge is 0.322 e. The van der Waals surface area contributed by atoms with E-state index in [1.165, 1.54) is 12.1 Å².